The molecule has 1 aliphatic rings. The minimum absolute atomic E-state index is 0.145. The Morgan fingerprint density at radius 2 is 2.07 bits per heavy atom. The second kappa shape index (κ2) is 4.02. The summed E-state index contributed by atoms with van der Waals surface area (Å²) in [5, 5.41) is 4.14. The number of hydrogen-bond donors (Lipinski definition) is 2. The molecule has 0 saturated heterocycles. The molecule has 1 aromatic rings. The highest BCUT2D eigenvalue weighted by atomic mass is 32.2. The Morgan fingerprint density at radius 1 is 1.36 bits per heavy atom. The van der Waals surface area contributed by atoms with Crippen LogP contribution in [0.2, 0.25) is 0 Å². The minimum Gasteiger partial charge on any atom is -0.378 e. The summed E-state index contributed by atoms with van der Waals surface area (Å²) in [5.74, 6) is 0. The standard InChI is InChI=1S/C10H13N3S/c1-12-9-8(13-10(11)14-9)7-5-3-2-4-6-7/h2-6,8-9,12H,1H3,(H2,11,13). The molecular weight excluding hydrogens is 194 g/mol. The van der Waals surface area contributed by atoms with Gasteiger partial charge < -0.3 is 11.1 Å². The molecule has 3 nitrogen and oxygen atoms in total. The van der Waals surface area contributed by atoms with E-state index in [1.54, 1.807) is 11.8 Å². The van der Waals surface area contributed by atoms with Crippen molar-refractivity contribution in [2.24, 2.45) is 10.7 Å². The topological polar surface area (TPSA) is 50.4 Å². The molecule has 2 rings (SSSR count). The first-order valence-corrected chi connectivity index (χ1v) is 5.41. The summed E-state index contributed by atoms with van der Waals surface area (Å²) in [6.45, 7) is 0. The lowest BCUT2D eigenvalue weighted by Crippen LogP contribution is -2.25. The van der Waals surface area contributed by atoms with Crippen LogP contribution in [0.4, 0.5) is 0 Å². The van der Waals surface area contributed by atoms with Gasteiger partial charge in [-0.05, 0) is 12.6 Å². The van der Waals surface area contributed by atoms with Gasteiger partial charge in [0.25, 0.3) is 0 Å². The van der Waals surface area contributed by atoms with E-state index in [1.807, 2.05) is 25.2 Å². The van der Waals surface area contributed by atoms with Crippen molar-refractivity contribution in [1.82, 2.24) is 5.32 Å². The van der Waals surface area contributed by atoms with E-state index in [4.69, 9.17) is 5.73 Å². The molecule has 1 aliphatic heterocycles. The fraction of sp³-hybridized carbons (Fsp3) is 0.300. The summed E-state index contributed by atoms with van der Waals surface area (Å²) >= 11 is 1.59. The molecule has 74 valence electrons. The number of nitrogens with zero attached hydrogens (tertiary/aromatic N) is 1. The Balaban J connectivity index is 2.25. The molecule has 1 heterocycles. The zero-order valence-corrected chi connectivity index (χ0v) is 8.79. The number of benzene rings is 1. The summed E-state index contributed by atoms with van der Waals surface area (Å²) in [5.41, 5.74) is 6.91. The average Bonchev–Trinajstić information content (AvgIpc) is 2.61. The fourth-order valence-electron chi connectivity index (χ4n) is 1.55. The minimum atomic E-state index is 0.145. The highest BCUT2D eigenvalue weighted by Gasteiger charge is 2.28. The number of hydrogen-bond acceptors (Lipinski definition) is 4. The molecule has 0 spiro atoms. The van der Waals surface area contributed by atoms with Crippen LogP contribution in [0, 0.1) is 0 Å². The molecule has 0 amide bonds. The van der Waals surface area contributed by atoms with Crippen LogP contribution in [0.5, 0.6) is 0 Å². The fourth-order valence-corrected chi connectivity index (χ4v) is 2.45. The maximum absolute atomic E-state index is 5.70. The Morgan fingerprint density at radius 3 is 2.71 bits per heavy atom. The van der Waals surface area contributed by atoms with Crippen molar-refractivity contribution in [3.63, 3.8) is 0 Å². The smallest absolute Gasteiger partial charge is 0.156 e. The maximum Gasteiger partial charge on any atom is 0.156 e. The summed E-state index contributed by atoms with van der Waals surface area (Å²) in [7, 11) is 1.93. The van der Waals surface area contributed by atoms with Crippen LogP contribution in [-0.2, 0) is 0 Å². The number of thioether (sulfide) groups is 1. The molecule has 4 heteroatoms. The van der Waals surface area contributed by atoms with Crippen molar-refractivity contribution in [2.45, 2.75) is 11.4 Å². The molecule has 0 radical (unpaired) electrons. The van der Waals surface area contributed by atoms with E-state index in [2.05, 4.69) is 22.4 Å². The number of rotatable bonds is 2. The third kappa shape index (κ3) is 1.76. The van der Waals surface area contributed by atoms with E-state index in [9.17, 15) is 0 Å². The summed E-state index contributed by atoms with van der Waals surface area (Å²) in [6, 6.07) is 10.4. The first kappa shape index (κ1) is 9.55. The first-order valence-electron chi connectivity index (χ1n) is 4.53. The van der Waals surface area contributed by atoms with Crippen LogP contribution >= 0.6 is 11.8 Å². The molecule has 1 aromatic carbocycles. The van der Waals surface area contributed by atoms with E-state index in [-0.39, 0.29) is 11.4 Å². The zero-order valence-electron chi connectivity index (χ0n) is 7.97. The van der Waals surface area contributed by atoms with Crippen LogP contribution in [0.15, 0.2) is 35.3 Å². The monoisotopic (exact) mass is 207 g/mol. The van der Waals surface area contributed by atoms with Gasteiger partial charge in [-0.3, -0.25) is 4.99 Å². The van der Waals surface area contributed by atoms with Gasteiger partial charge in [0.1, 0.15) is 6.04 Å². The number of likely N-dealkylation sites (N-methyl/N-ethyl adjacent to an activating group) is 1. The lowest BCUT2D eigenvalue weighted by molar-refractivity contribution is 0.623. The third-order valence-corrected chi connectivity index (χ3v) is 3.32. The Bertz CT molecular complexity index is 336. The number of amidine groups is 1. The van der Waals surface area contributed by atoms with Gasteiger partial charge >= 0.3 is 0 Å². The van der Waals surface area contributed by atoms with E-state index < -0.39 is 0 Å². The SMILES string of the molecule is CNC1SC(N)=NC1c1ccccc1. The van der Waals surface area contributed by atoms with Gasteiger partial charge in [0.2, 0.25) is 0 Å². The van der Waals surface area contributed by atoms with Crippen LogP contribution in [0.25, 0.3) is 0 Å². The number of nitrogens with one attached hydrogen (secondary N) is 1. The van der Waals surface area contributed by atoms with E-state index in [0.29, 0.717) is 5.17 Å². The average molecular weight is 207 g/mol. The normalized spacial score (nSPS) is 26.2. The van der Waals surface area contributed by atoms with Crippen LogP contribution < -0.4 is 11.1 Å². The molecule has 3 N–H and O–H groups in total. The molecule has 0 aliphatic carbocycles. The first-order chi connectivity index (χ1) is 6.81. The van der Waals surface area contributed by atoms with Gasteiger partial charge in [-0.2, -0.15) is 0 Å². The van der Waals surface area contributed by atoms with Gasteiger partial charge in [-0.25, -0.2) is 0 Å². The van der Waals surface area contributed by atoms with Gasteiger partial charge in [0, 0.05) is 0 Å². The summed E-state index contributed by atoms with van der Waals surface area (Å²) < 4.78 is 0. The molecule has 2 atom stereocenters. The zero-order chi connectivity index (χ0) is 9.97. The largest absolute Gasteiger partial charge is 0.378 e. The van der Waals surface area contributed by atoms with E-state index in [1.165, 1.54) is 5.56 Å². The molecule has 0 bridgehead atoms. The molecule has 2 unspecified atom stereocenters. The van der Waals surface area contributed by atoms with Crippen molar-refractivity contribution in [3.05, 3.63) is 35.9 Å². The lowest BCUT2D eigenvalue weighted by Gasteiger charge is -2.15. The Labute approximate surface area is 87.8 Å². The second-order valence-corrected chi connectivity index (χ2v) is 4.31. The van der Waals surface area contributed by atoms with Crippen LogP contribution in [-0.4, -0.2) is 17.6 Å². The van der Waals surface area contributed by atoms with Crippen molar-refractivity contribution < 1.29 is 0 Å². The molecule has 0 fully saturated rings. The molecule has 0 saturated carbocycles. The number of nitrogens with two attached hydrogens (primary N) is 1. The predicted molar refractivity (Wildman–Crippen MR) is 61.2 cm³/mol. The Kier molecular flexibility index (Phi) is 2.74. The van der Waals surface area contributed by atoms with Crippen LogP contribution in [0.1, 0.15) is 11.6 Å². The van der Waals surface area contributed by atoms with E-state index >= 15 is 0 Å². The quantitative estimate of drug-likeness (QED) is 0.769. The third-order valence-electron chi connectivity index (χ3n) is 2.23. The van der Waals surface area contributed by atoms with Crippen molar-refractivity contribution >= 4 is 16.9 Å². The van der Waals surface area contributed by atoms with Crippen molar-refractivity contribution in [2.75, 3.05) is 7.05 Å². The maximum atomic E-state index is 5.70. The molecule has 0 aromatic heterocycles. The highest BCUT2D eigenvalue weighted by Crippen LogP contribution is 2.34. The van der Waals surface area contributed by atoms with Crippen molar-refractivity contribution in [1.29, 1.82) is 0 Å². The lowest BCUT2D eigenvalue weighted by atomic mass is 10.1. The molecular formula is C10H13N3S. The van der Waals surface area contributed by atoms with Gasteiger partial charge in [0.15, 0.2) is 5.17 Å². The highest BCUT2D eigenvalue weighted by molar-refractivity contribution is 8.14. The Hall–Kier alpha value is -1.00. The van der Waals surface area contributed by atoms with Crippen molar-refractivity contribution in [3.8, 4) is 0 Å². The van der Waals surface area contributed by atoms with Gasteiger partial charge in [-0.1, -0.05) is 42.1 Å². The predicted octanol–water partition coefficient (Wildman–Crippen LogP) is 1.33. The second-order valence-electron chi connectivity index (χ2n) is 3.15. The van der Waals surface area contributed by atoms with Crippen LogP contribution in [0.3, 0.4) is 0 Å². The summed E-state index contributed by atoms with van der Waals surface area (Å²) in [4.78, 5) is 4.41. The molecule has 14 heavy (non-hydrogen) atoms. The number of aliphatic imine (C=N–C) groups is 1. The van der Waals surface area contributed by atoms with E-state index in [0.717, 1.165) is 0 Å². The van der Waals surface area contributed by atoms with Gasteiger partial charge in [0.05, 0.1) is 5.37 Å². The van der Waals surface area contributed by atoms with Gasteiger partial charge in [-0.15, -0.1) is 0 Å². The summed E-state index contributed by atoms with van der Waals surface area (Å²) in [6.07, 6.45) is 0.